The molecule has 3 aromatic rings. The third-order valence-corrected chi connectivity index (χ3v) is 5.84. The number of benzene rings is 2. The number of aromatic nitrogens is 2. The van der Waals surface area contributed by atoms with Gasteiger partial charge < -0.3 is 10.3 Å². The Hall–Kier alpha value is -3.19. The number of halogens is 1. The lowest BCUT2D eigenvalue weighted by molar-refractivity contribution is -0.121. The number of primary amides is 1. The van der Waals surface area contributed by atoms with Gasteiger partial charge in [0.05, 0.1) is 11.0 Å². The van der Waals surface area contributed by atoms with Gasteiger partial charge in [0.25, 0.3) is 5.91 Å². The van der Waals surface area contributed by atoms with E-state index in [2.05, 4.69) is 10.3 Å². The van der Waals surface area contributed by atoms with Gasteiger partial charge in [-0.25, -0.2) is 4.98 Å². The molecule has 2 amide bonds. The Labute approximate surface area is 184 Å². The molecule has 1 heterocycles. The number of amides is 2. The van der Waals surface area contributed by atoms with Crippen molar-refractivity contribution in [2.24, 2.45) is 11.7 Å². The molecular weight excluding hydrogens is 416 g/mol. The molecule has 1 aromatic heterocycles. The van der Waals surface area contributed by atoms with Crippen molar-refractivity contribution in [1.82, 2.24) is 9.55 Å². The molecule has 2 aromatic carbocycles. The second-order valence-electron chi connectivity index (χ2n) is 7.91. The van der Waals surface area contributed by atoms with Crippen LogP contribution in [0.5, 0.6) is 0 Å². The van der Waals surface area contributed by atoms with Crippen molar-refractivity contribution in [2.45, 2.75) is 38.6 Å². The molecular formula is C23H23ClN4O3. The molecule has 1 fully saturated rings. The average Bonchev–Trinajstić information content (AvgIpc) is 3.54. The smallest absolute Gasteiger partial charge is 0.257 e. The fourth-order valence-corrected chi connectivity index (χ4v) is 3.75. The van der Waals surface area contributed by atoms with Crippen LogP contribution in [-0.4, -0.2) is 27.1 Å². The molecule has 31 heavy (non-hydrogen) atoms. The Morgan fingerprint density at radius 2 is 1.90 bits per heavy atom. The molecule has 1 atom stereocenters. The van der Waals surface area contributed by atoms with Crippen molar-refractivity contribution in [3.8, 4) is 0 Å². The van der Waals surface area contributed by atoms with Crippen LogP contribution in [0.15, 0.2) is 42.5 Å². The number of hydrogen-bond donors (Lipinski definition) is 2. The summed E-state index contributed by atoms with van der Waals surface area (Å²) in [5.41, 5.74) is 8.05. The van der Waals surface area contributed by atoms with Gasteiger partial charge in [-0.1, -0.05) is 24.6 Å². The standard InChI is InChI=1S/C23H23ClN4O3/c1-13(21(30)14-2-3-14)16-6-9-19-18(12-16)26-23(28(19)11-10-20(25)29)27-22(31)15-4-7-17(24)8-5-15/h4-9,12-14H,2-3,10-11H2,1H3,(H2,25,29)(H,26,27,31). The highest BCUT2D eigenvalue weighted by atomic mass is 35.5. The molecule has 4 rings (SSSR count). The van der Waals surface area contributed by atoms with E-state index in [4.69, 9.17) is 17.3 Å². The minimum Gasteiger partial charge on any atom is -0.370 e. The number of nitrogens with one attached hydrogen (secondary N) is 1. The number of ketones is 1. The number of imidazole rings is 1. The summed E-state index contributed by atoms with van der Waals surface area (Å²) >= 11 is 5.90. The van der Waals surface area contributed by atoms with Crippen molar-refractivity contribution in [3.05, 3.63) is 58.6 Å². The second kappa shape index (κ2) is 8.51. The number of fused-ring (bicyclic) bond motifs is 1. The van der Waals surface area contributed by atoms with Gasteiger partial charge in [-0.2, -0.15) is 0 Å². The maximum atomic E-state index is 12.7. The van der Waals surface area contributed by atoms with E-state index in [1.165, 1.54) is 0 Å². The predicted octanol–water partition coefficient (Wildman–Crippen LogP) is 3.90. The van der Waals surface area contributed by atoms with Gasteiger partial charge in [0.2, 0.25) is 11.9 Å². The molecule has 7 nitrogen and oxygen atoms in total. The highest BCUT2D eigenvalue weighted by molar-refractivity contribution is 6.30. The predicted molar refractivity (Wildman–Crippen MR) is 119 cm³/mol. The summed E-state index contributed by atoms with van der Waals surface area (Å²) in [6.07, 6.45) is 2.04. The minimum absolute atomic E-state index is 0.105. The van der Waals surface area contributed by atoms with Crippen LogP contribution in [0, 0.1) is 5.92 Å². The van der Waals surface area contributed by atoms with E-state index >= 15 is 0 Å². The molecule has 1 saturated carbocycles. The number of Topliss-reactive ketones (excluding diaryl/α,β-unsaturated/α-hetero) is 1. The summed E-state index contributed by atoms with van der Waals surface area (Å²) in [5, 5.41) is 3.34. The van der Waals surface area contributed by atoms with Crippen LogP contribution in [-0.2, 0) is 16.1 Å². The van der Waals surface area contributed by atoms with Crippen LogP contribution in [0.4, 0.5) is 5.95 Å². The van der Waals surface area contributed by atoms with E-state index in [9.17, 15) is 14.4 Å². The van der Waals surface area contributed by atoms with Gasteiger partial charge in [0, 0.05) is 35.4 Å². The van der Waals surface area contributed by atoms with Gasteiger partial charge >= 0.3 is 0 Å². The SMILES string of the molecule is CC(C(=O)C1CC1)c1ccc2c(c1)nc(NC(=O)c1ccc(Cl)cc1)n2CCC(N)=O. The van der Waals surface area contributed by atoms with Crippen molar-refractivity contribution in [3.63, 3.8) is 0 Å². The van der Waals surface area contributed by atoms with Crippen molar-refractivity contribution < 1.29 is 14.4 Å². The van der Waals surface area contributed by atoms with Crippen LogP contribution in [0.2, 0.25) is 5.02 Å². The first-order valence-corrected chi connectivity index (χ1v) is 10.6. The third kappa shape index (κ3) is 4.61. The first-order valence-electron chi connectivity index (χ1n) is 10.2. The summed E-state index contributed by atoms with van der Waals surface area (Å²) in [4.78, 5) is 41.1. The van der Waals surface area contributed by atoms with Gasteiger partial charge in [0.1, 0.15) is 5.78 Å². The van der Waals surface area contributed by atoms with Gasteiger partial charge in [0.15, 0.2) is 0 Å². The number of carbonyl (C=O) groups excluding carboxylic acids is 3. The van der Waals surface area contributed by atoms with E-state index in [1.54, 1.807) is 28.8 Å². The highest BCUT2D eigenvalue weighted by Crippen LogP contribution is 2.36. The molecule has 160 valence electrons. The van der Waals surface area contributed by atoms with E-state index < -0.39 is 5.91 Å². The molecule has 1 aliphatic carbocycles. The fourth-order valence-electron chi connectivity index (χ4n) is 3.62. The second-order valence-corrected chi connectivity index (χ2v) is 8.35. The Bertz CT molecular complexity index is 1170. The van der Waals surface area contributed by atoms with Crippen molar-refractivity contribution in [1.29, 1.82) is 0 Å². The molecule has 0 saturated heterocycles. The minimum atomic E-state index is -0.447. The number of rotatable bonds is 8. The Morgan fingerprint density at radius 1 is 1.19 bits per heavy atom. The Balaban J connectivity index is 1.67. The maximum absolute atomic E-state index is 12.7. The molecule has 0 bridgehead atoms. The van der Waals surface area contributed by atoms with Gasteiger partial charge in [-0.3, -0.25) is 19.7 Å². The maximum Gasteiger partial charge on any atom is 0.257 e. The monoisotopic (exact) mass is 438 g/mol. The molecule has 0 radical (unpaired) electrons. The number of nitrogens with zero attached hydrogens (tertiary/aromatic N) is 2. The van der Waals surface area contributed by atoms with E-state index in [0.29, 0.717) is 22.1 Å². The van der Waals surface area contributed by atoms with E-state index in [1.807, 2.05) is 25.1 Å². The zero-order valence-electron chi connectivity index (χ0n) is 17.1. The van der Waals surface area contributed by atoms with Crippen LogP contribution >= 0.6 is 11.6 Å². The zero-order valence-corrected chi connectivity index (χ0v) is 17.9. The highest BCUT2D eigenvalue weighted by Gasteiger charge is 2.33. The van der Waals surface area contributed by atoms with Crippen molar-refractivity contribution >= 4 is 46.2 Å². The number of carbonyl (C=O) groups is 3. The lowest BCUT2D eigenvalue weighted by Gasteiger charge is -2.11. The van der Waals surface area contributed by atoms with E-state index in [0.717, 1.165) is 23.9 Å². The number of hydrogen-bond acceptors (Lipinski definition) is 4. The molecule has 0 aliphatic heterocycles. The summed E-state index contributed by atoms with van der Waals surface area (Å²) in [6.45, 7) is 2.19. The first-order chi connectivity index (χ1) is 14.8. The first kappa shape index (κ1) is 21.1. The largest absolute Gasteiger partial charge is 0.370 e. The summed E-state index contributed by atoms with van der Waals surface area (Å²) < 4.78 is 1.76. The fraction of sp³-hybridized carbons (Fsp3) is 0.304. The molecule has 1 aliphatic rings. The van der Waals surface area contributed by atoms with Gasteiger partial charge in [-0.15, -0.1) is 0 Å². The molecule has 0 spiro atoms. The molecule has 8 heteroatoms. The summed E-state index contributed by atoms with van der Waals surface area (Å²) in [5.74, 6) is -0.256. The van der Waals surface area contributed by atoms with Crippen LogP contribution in [0.3, 0.4) is 0 Å². The Morgan fingerprint density at radius 3 is 2.55 bits per heavy atom. The van der Waals surface area contributed by atoms with Crippen LogP contribution in [0.25, 0.3) is 11.0 Å². The topological polar surface area (TPSA) is 107 Å². The Kier molecular flexibility index (Phi) is 5.78. The summed E-state index contributed by atoms with van der Waals surface area (Å²) in [6, 6.07) is 12.2. The van der Waals surface area contributed by atoms with Crippen molar-refractivity contribution in [2.75, 3.05) is 5.32 Å². The lowest BCUT2D eigenvalue weighted by Crippen LogP contribution is -2.18. The zero-order chi connectivity index (χ0) is 22.1. The number of aryl methyl sites for hydroxylation is 1. The van der Waals surface area contributed by atoms with Crippen LogP contribution in [0.1, 0.15) is 48.0 Å². The third-order valence-electron chi connectivity index (χ3n) is 5.59. The van der Waals surface area contributed by atoms with Gasteiger partial charge in [-0.05, 0) is 54.8 Å². The molecule has 1 unspecified atom stereocenters. The lowest BCUT2D eigenvalue weighted by atomic mass is 9.94. The van der Waals surface area contributed by atoms with Crippen LogP contribution < -0.4 is 11.1 Å². The summed E-state index contributed by atoms with van der Waals surface area (Å²) in [7, 11) is 0. The van der Waals surface area contributed by atoms with E-state index in [-0.39, 0.29) is 36.5 Å². The molecule has 3 N–H and O–H groups in total. The quantitative estimate of drug-likeness (QED) is 0.556. The number of anilines is 1. The number of nitrogens with two attached hydrogens (primary N) is 1. The average molecular weight is 439 g/mol. The normalized spacial score (nSPS) is 14.4.